The Balaban J connectivity index is 1.51. The van der Waals surface area contributed by atoms with Crippen molar-refractivity contribution in [3.05, 3.63) is 46.3 Å². The molecule has 0 spiro atoms. The van der Waals surface area contributed by atoms with Gasteiger partial charge in [-0.1, -0.05) is 23.7 Å². The van der Waals surface area contributed by atoms with E-state index in [4.69, 9.17) is 16.9 Å². The lowest BCUT2D eigenvalue weighted by molar-refractivity contribution is -0.117. The van der Waals surface area contributed by atoms with Crippen LogP contribution in [0.5, 0.6) is 0 Å². The number of piperazine rings is 1. The molecule has 1 aliphatic rings. The van der Waals surface area contributed by atoms with Gasteiger partial charge in [0.2, 0.25) is 5.91 Å². The summed E-state index contributed by atoms with van der Waals surface area (Å²) < 4.78 is 0. The smallest absolute Gasteiger partial charge is 0.239 e. The van der Waals surface area contributed by atoms with Crippen LogP contribution in [0.4, 0.5) is 10.7 Å². The van der Waals surface area contributed by atoms with Crippen molar-refractivity contribution in [3.8, 4) is 6.07 Å². The van der Waals surface area contributed by atoms with Crippen molar-refractivity contribution in [2.24, 2.45) is 0 Å². The van der Waals surface area contributed by atoms with Gasteiger partial charge in [0.15, 0.2) is 0 Å². The van der Waals surface area contributed by atoms with E-state index in [0.29, 0.717) is 17.1 Å². The van der Waals surface area contributed by atoms with E-state index < -0.39 is 0 Å². The van der Waals surface area contributed by atoms with Crippen LogP contribution in [0.15, 0.2) is 35.7 Å². The average molecular weight is 361 g/mol. The van der Waals surface area contributed by atoms with E-state index in [1.165, 1.54) is 11.3 Å². The molecule has 7 heteroatoms. The van der Waals surface area contributed by atoms with Gasteiger partial charge in [-0.15, -0.1) is 11.3 Å². The van der Waals surface area contributed by atoms with Crippen LogP contribution in [-0.4, -0.2) is 43.5 Å². The quantitative estimate of drug-likeness (QED) is 0.910. The molecule has 1 N–H and O–H groups in total. The van der Waals surface area contributed by atoms with E-state index in [-0.39, 0.29) is 5.91 Å². The number of hydrogen-bond donors (Lipinski definition) is 1. The number of anilines is 2. The number of carbonyl (C=O) groups is 1. The van der Waals surface area contributed by atoms with Gasteiger partial charge in [-0.05, 0) is 23.6 Å². The number of nitriles is 1. The van der Waals surface area contributed by atoms with Crippen molar-refractivity contribution in [3.63, 3.8) is 0 Å². The first-order chi connectivity index (χ1) is 11.7. The third-order valence-electron chi connectivity index (χ3n) is 3.97. The fraction of sp³-hybridized carbons (Fsp3) is 0.294. The fourth-order valence-electron chi connectivity index (χ4n) is 2.72. The molecule has 0 radical (unpaired) electrons. The lowest BCUT2D eigenvalue weighted by Gasteiger charge is -2.36. The molecule has 3 rings (SSSR count). The number of rotatable bonds is 4. The maximum Gasteiger partial charge on any atom is 0.239 e. The second-order valence-corrected chi connectivity index (χ2v) is 6.86. The molecule has 1 saturated heterocycles. The highest BCUT2D eigenvalue weighted by Crippen LogP contribution is 2.26. The predicted octanol–water partition coefficient (Wildman–Crippen LogP) is 3.03. The zero-order valence-electron chi connectivity index (χ0n) is 13.0. The number of amides is 1. The summed E-state index contributed by atoms with van der Waals surface area (Å²) in [5, 5.41) is 15.0. The minimum atomic E-state index is -0.0832. The summed E-state index contributed by atoms with van der Waals surface area (Å²) in [6, 6.07) is 11.6. The summed E-state index contributed by atoms with van der Waals surface area (Å²) >= 11 is 7.61. The molecule has 1 aromatic heterocycles. The first-order valence-corrected chi connectivity index (χ1v) is 8.92. The van der Waals surface area contributed by atoms with Crippen molar-refractivity contribution in [1.82, 2.24) is 4.90 Å². The second-order valence-electron chi connectivity index (χ2n) is 5.54. The number of nitrogens with one attached hydrogen (secondary N) is 1. The van der Waals surface area contributed by atoms with Crippen LogP contribution in [0.2, 0.25) is 5.02 Å². The predicted molar refractivity (Wildman–Crippen MR) is 97.8 cm³/mol. The molecule has 5 nitrogen and oxygen atoms in total. The summed E-state index contributed by atoms with van der Waals surface area (Å²) in [6.07, 6.45) is 0. The van der Waals surface area contributed by atoms with Crippen molar-refractivity contribution in [2.45, 2.75) is 0 Å². The number of hydrogen-bond acceptors (Lipinski definition) is 5. The van der Waals surface area contributed by atoms with E-state index in [9.17, 15) is 4.79 Å². The standard InChI is InChI=1S/C17H17ClN4OS/c18-14-3-1-2-4-15(14)22-8-6-21(7-9-22)12-16(23)20-17-13(11-19)5-10-24-17/h1-5,10H,6-9,12H2,(H,20,23). The first-order valence-electron chi connectivity index (χ1n) is 7.66. The maximum absolute atomic E-state index is 12.2. The topological polar surface area (TPSA) is 59.4 Å². The van der Waals surface area contributed by atoms with Gasteiger partial charge in [0, 0.05) is 26.2 Å². The number of thiophene rings is 1. The van der Waals surface area contributed by atoms with Crippen LogP contribution >= 0.6 is 22.9 Å². The largest absolute Gasteiger partial charge is 0.368 e. The van der Waals surface area contributed by atoms with E-state index in [2.05, 4.69) is 21.2 Å². The van der Waals surface area contributed by atoms with Crippen molar-refractivity contribution in [2.75, 3.05) is 42.9 Å². The molecule has 2 heterocycles. The van der Waals surface area contributed by atoms with Gasteiger partial charge in [-0.25, -0.2) is 0 Å². The molecule has 0 unspecified atom stereocenters. The monoisotopic (exact) mass is 360 g/mol. The van der Waals surface area contributed by atoms with Gasteiger partial charge >= 0.3 is 0 Å². The molecule has 0 aliphatic carbocycles. The molecule has 0 bridgehead atoms. The minimum absolute atomic E-state index is 0.0832. The second kappa shape index (κ2) is 7.67. The number of para-hydroxylation sites is 1. The fourth-order valence-corrected chi connectivity index (χ4v) is 3.73. The lowest BCUT2D eigenvalue weighted by Crippen LogP contribution is -2.48. The van der Waals surface area contributed by atoms with Gasteiger partial charge in [0.05, 0.1) is 22.8 Å². The van der Waals surface area contributed by atoms with Crippen LogP contribution in [-0.2, 0) is 4.79 Å². The van der Waals surface area contributed by atoms with Crippen LogP contribution < -0.4 is 10.2 Å². The van der Waals surface area contributed by atoms with Gasteiger partial charge < -0.3 is 10.2 Å². The number of nitrogens with zero attached hydrogens (tertiary/aromatic N) is 3. The highest BCUT2D eigenvalue weighted by atomic mass is 35.5. The molecule has 0 saturated carbocycles. The Hall–Kier alpha value is -2.07. The van der Waals surface area contributed by atoms with E-state index in [0.717, 1.165) is 36.9 Å². The zero-order chi connectivity index (χ0) is 16.9. The van der Waals surface area contributed by atoms with E-state index in [1.54, 1.807) is 11.4 Å². The molecule has 2 aromatic rings. The van der Waals surface area contributed by atoms with Crippen LogP contribution in [0.1, 0.15) is 5.56 Å². The normalized spacial score (nSPS) is 15.1. The SMILES string of the molecule is N#Cc1ccsc1NC(=O)CN1CCN(c2ccccc2Cl)CC1. The summed E-state index contributed by atoms with van der Waals surface area (Å²) in [7, 11) is 0. The van der Waals surface area contributed by atoms with Gasteiger partial charge in [0.1, 0.15) is 11.1 Å². The summed E-state index contributed by atoms with van der Waals surface area (Å²) in [5.74, 6) is -0.0832. The third-order valence-corrected chi connectivity index (χ3v) is 5.12. The number of halogens is 1. The number of carbonyl (C=O) groups excluding carboxylic acids is 1. The van der Waals surface area contributed by atoms with E-state index in [1.807, 2.05) is 24.3 Å². The Morgan fingerprint density at radius 2 is 2.00 bits per heavy atom. The Morgan fingerprint density at radius 1 is 1.25 bits per heavy atom. The van der Waals surface area contributed by atoms with Gasteiger partial charge in [-0.2, -0.15) is 5.26 Å². The highest BCUT2D eigenvalue weighted by Gasteiger charge is 2.20. The Morgan fingerprint density at radius 3 is 2.71 bits per heavy atom. The van der Waals surface area contributed by atoms with Crippen LogP contribution in [0.25, 0.3) is 0 Å². The molecule has 1 aliphatic heterocycles. The van der Waals surface area contributed by atoms with E-state index >= 15 is 0 Å². The molecule has 1 amide bonds. The molecule has 1 aromatic carbocycles. The number of benzene rings is 1. The molecular weight excluding hydrogens is 344 g/mol. The molecule has 1 fully saturated rings. The lowest BCUT2D eigenvalue weighted by atomic mass is 10.2. The molecule has 0 atom stereocenters. The Kier molecular flexibility index (Phi) is 5.36. The first kappa shape index (κ1) is 16.8. The zero-order valence-corrected chi connectivity index (χ0v) is 14.6. The maximum atomic E-state index is 12.2. The van der Waals surface area contributed by atoms with Crippen LogP contribution in [0.3, 0.4) is 0 Å². The summed E-state index contributed by atoms with van der Waals surface area (Å²) in [6.45, 7) is 3.60. The molecular formula is C17H17ClN4OS. The molecule has 24 heavy (non-hydrogen) atoms. The van der Waals surface area contributed by atoms with Gasteiger partial charge in [0.25, 0.3) is 0 Å². The average Bonchev–Trinajstić information content (AvgIpc) is 3.03. The van der Waals surface area contributed by atoms with Crippen molar-refractivity contribution >= 4 is 39.5 Å². The Bertz CT molecular complexity index is 762. The third kappa shape index (κ3) is 3.88. The van der Waals surface area contributed by atoms with Gasteiger partial charge in [-0.3, -0.25) is 9.69 Å². The highest BCUT2D eigenvalue weighted by molar-refractivity contribution is 7.14. The summed E-state index contributed by atoms with van der Waals surface area (Å²) in [5.41, 5.74) is 1.55. The van der Waals surface area contributed by atoms with Crippen molar-refractivity contribution in [1.29, 1.82) is 5.26 Å². The minimum Gasteiger partial charge on any atom is -0.368 e. The van der Waals surface area contributed by atoms with Crippen LogP contribution in [0, 0.1) is 11.3 Å². The summed E-state index contributed by atoms with van der Waals surface area (Å²) in [4.78, 5) is 16.5. The van der Waals surface area contributed by atoms with Crippen molar-refractivity contribution < 1.29 is 4.79 Å². The molecule has 124 valence electrons. The Labute approximate surface area is 150 Å².